The van der Waals surface area contributed by atoms with Gasteiger partial charge in [-0.25, -0.2) is 4.98 Å². The van der Waals surface area contributed by atoms with Gasteiger partial charge in [0.25, 0.3) is 0 Å². The van der Waals surface area contributed by atoms with Crippen molar-refractivity contribution >= 4 is 5.69 Å². The standard InChI is InChI=1S/C16H21N3O2/c1-12(7-15-10-20-6-5-18-15)19-14-4-2-3-13(8-14)16-9-17-11-21-16/h2-4,8-9,11-12,15,18-19H,5-7,10H2,1H3. The lowest BCUT2D eigenvalue weighted by Crippen LogP contribution is -2.43. The molecule has 1 aromatic heterocycles. The summed E-state index contributed by atoms with van der Waals surface area (Å²) in [5, 5.41) is 7.02. The molecule has 5 nitrogen and oxygen atoms in total. The highest BCUT2D eigenvalue weighted by atomic mass is 16.5. The Labute approximate surface area is 124 Å². The van der Waals surface area contributed by atoms with Crippen LogP contribution in [0.5, 0.6) is 0 Å². The molecule has 2 aromatic rings. The Balaban J connectivity index is 1.60. The topological polar surface area (TPSA) is 59.3 Å². The van der Waals surface area contributed by atoms with Gasteiger partial charge in [-0.3, -0.25) is 0 Å². The van der Waals surface area contributed by atoms with E-state index in [1.165, 1.54) is 6.39 Å². The van der Waals surface area contributed by atoms with Crippen LogP contribution in [0.1, 0.15) is 13.3 Å². The van der Waals surface area contributed by atoms with Crippen LogP contribution >= 0.6 is 0 Å². The van der Waals surface area contributed by atoms with Crippen LogP contribution in [0, 0.1) is 0 Å². The zero-order valence-corrected chi connectivity index (χ0v) is 12.2. The molecule has 1 fully saturated rings. The van der Waals surface area contributed by atoms with Crippen molar-refractivity contribution < 1.29 is 9.15 Å². The van der Waals surface area contributed by atoms with Crippen LogP contribution < -0.4 is 10.6 Å². The van der Waals surface area contributed by atoms with Crippen molar-refractivity contribution in [1.82, 2.24) is 10.3 Å². The van der Waals surface area contributed by atoms with Crippen molar-refractivity contribution in [3.8, 4) is 11.3 Å². The molecule has 1 aliphatic rings. The summed E-state index contributed by atoms with van der Waals surface area (Å²) in [6, 6.07) is 9.00. The highest BCUT2D eigenvalue weighted by molar-refractivity contribution is 5.63. The van der Waals surface area contributed by atoms with Crippen LogP contribution in [-0.2, 0) is 4.74 Å². The van der Waals surface area contributed by atoms with Gasteiger partial charge in [-0.2, -0.15) is 0 Å². The summed E-state index contributed by atoms with van der Waals surface area (Å²) in [6.45, 7) is 4.75. The molecule has 2 atom stereocenters. The number of aromatic nitrogens is 1. The summed E-state index contributed by atoms with van der Waals surface area (Å²) in [5.41, 5.74) is 2.12. The third-order valence-corrected chi connectivity index (χ3v) is 3.63. The summed E-state index contributed by atoms with van der Waals surface area (Å²) >= 11 is 0. The summed E-state index contributed by atoms with van der Waals surface area (Å²) < 4.78 is 10.8. The second kappa shape index (κ2) is 6.74. The van der Waals surface area contributed by atoms with E-state index in [0.717, 1.165) is 43.2 Å². The number of hydrogen-bond acceptors (Lipinski definition) is 5. The highest BCUT2D eigenvalue weighted by Crippen LogP contribution is 2.22. The second-order valence-corrected chi connectivity index (χ2v) is 5.45. The van der Waals surface area contributed by atoms with Crippen molar-refractivity contribution in [2.45, 2.75) is 25.4 Å². The second-order valence-electron chi connectivity index (χ2n) is 5.45. The van der Waals surface area contributed by atoms with Crippen LogP contribution in [0.4, 0.5) is 5.69 Å². The first-order chi connectivity index (χ1) is 10.3. The van der Waals surface area contributed by atoms with Gasteiger partial charge in [-0.15, -0.1) is 0 Å². The fourth-order valence-corrected chi connectivity index (χ4v) is 2.66. The van der Waals surface area contributed by atoms with Crippen LogP contribution in [0.2, 0.25) is 0 Å². The van der Waals surface area contributed by atoms with E-state index in [9.17, 15) is 0 Å². The average molecular weight is 287 g/mol. The Kier molecular flexibility index (Phi) is 4.52. The van der Waals surface area contributed by atoms with Gasteiger partial charge >= 0.3 is 0 Å². The van der Waals surface area contributed by atoms with E-state index >= 15 is 0 Å². The van der Waals surface area contributed by atoms with E-state index in [1.54, 1.807) is 6.20 Å². The van der Waals surface area contributed by atoms with Crippen molar-refractivity contribution in [1.29, 1.82) is 0 Å². The molecule has 1 aromatic carbocycles. The third kappa shape index (κ3) is 3.83. The maximum Gasteiger partial charge on any atom is 0.181 e. The lowest BCUT2D eigenvalue weighted by molar-refractivity contribution is 0.0731. The van der Waals surface area contributed by atoms with E-state index in [0.29, 0.717) is 12.1 Å². The Hall–Kier alpha value is -1.85. The molecule has 2 N–H and O–H groups in total. The predicted octanol–water partition coefficient (Wildman–Crippen LogP) is 2.52. The summed E-state index contributed by atoms with van der Waals surface area (Å²) in [6.07, 6.45) is 4.21. The van der Waals surface area contributed by atoms with E-state index in [4.69, 9.17) is 9.15 Å². The molecule has 0 bridgehead atoms. The van der Waals surface area contributed by atoms with Crippen molar-refractivity contribution in [2.24, 2.45) is 0 Å². The minimum absolute atomic E-state index is 0.370. The lowest BCUT2D eigenvalue weighted by atomic mass is 10.1. The first kappa shape index (κ1) is 14.1. The van der Waals surface area contributed by atoms with E-state index in [-0.39, 0.29) is 0 Å². The van der Waals surface area contributed by atoms with Crippen LogP contribution in [0.3, 0.4) is 0 Å². The fraction of sp³-hybridized carbons (Fsp3) is 0.438. The van der Waals surface area contributed by atoms with Gasteiger partial charge < -0.3 is 19.8 Å². The van der Waals surface area contributed by atoms with Crippen LogP contribution in [-0.4, -0.2) is 36.8 Å². The average Bonchev–Trinajstić information content (AvgIpc) is 3.02. The molecule has 3 rings (SSSR count). The molecule has 112 valence electrons. The molecular formula is C16H21N3O2. The molecule has 2 heterocycles. The fourth-order valence-electron chi connectivity index (χ4n) is 2.66. The van der Waals surface area contributed by atoms with Gasteiger partial charge in [0.15, 0.2) is 12.2 Å². The molecule has 1 aliphatic heterocycles. The summed E-state index contributed by atoms with van der Waals surface area (Å²) in [5.74, 6) is 0.786. The molecule has 0 saturated carbocycles. The zero-order chi connectivity index (χ0) is 14.5. The van der Waals surface area contributed by atoms with Gasteiger partial charge in [0, 0.05) is 29.9 Å². The lowest BCUT2D eigenvalue weighted by Gasteiger charge is -2.27. The quantitative estimate of drug-likeness (QED) is 0.885. The van der Waals surface area contributed by atoms with Gasteiger partial charge in [0.2, 0.25) is 0 Å². The Bertz CT molecular complexity index is 550. The maximum absolute atomic E-state index is 5.49. The molecule has 5 heteroatoms. The highest BCUT2D eigenvalue weighted by Gasteiger charge is 2.16. The molecule has 1 saturated heterocycles. The third-order valence-electron chi connectivity index (χ3n) is 3.63. The van der Waals surface area contributed by atoms with Gasteiger partial charge in [0.1, 0.15) is 0 Å². The molecule has 2 unspecified atom stereocenters. The molecule has 0 aliphatic carbocycles. The molecular weight excluding hydrogens is 266 g/mol. The van der Waals surface area contributed by atoms with E-state index < -0.39 is 0 Å². The monoisotopic (exact) mass is 287 g/mol. The Morgan fingerprint density at radius 3 is 3.19 bits per heavy atom. The van der Waals surface area contributed by atoms with Gasteiger partial charge in [-0.05, 0) is 25.5 Å². The molecule has 0 amide bonds. The largest absolute Gasteiger partial charge is 0.444 e. The number of benzene rings is 1. The smallest absolute Gasteiger partial charge is 0.181 e. The molecule has 0 radical (unpaired) electrons. The summed E-state index contributed by atoms with van der Waals surface area (Å²) in [7, 11) is 0. The van der Waals surface area contributed by atoms with Crippen molar-refractivity contribution in [2.75, 3.05) is 25.1 Å². The Morgan fingerprint density at radius 2 is 2.43 bits per heavy atom. The Morgan fingerprint density at radius 1 is 1.48 bits per heavy atom. The van der Waals surface area contributed by atoms with Crippen LogP contribution in [0.25, 0.3) is 11.3 Å². The summed E-state index contributed by atoms with van der Waals surface area (Å²) in [4.78, 5) is 3.96. The number of nitrogens with one attached hydrogen (secondary N) is 2. The molecule has 0 spiro atoms. The van der Waals surface area contributed by atoms with Crippen molar-refractivity contribution in [3.05, 3.63) is 36.9 Å². The van der Waals surface area contributed by atoms with Crippen molar-refractivity contribution in [3.63, 3.8) is 0 Å². The number of rotatable bonds is 5. The normalized spacial score (nSPS) is 20.1. The first-order valence-electron chi connectivity index (χ1n) is 7.38. The number of nitrogens with zero attached hydrogens (tertiary/aromatic N) is 1. The number of oxazole rings is 1. The van der Waals surface area contributed by atoms with Crippen LogP contribution in [0.15, 0.2) is 41.3 Å². The predicted molar refractivity (Wildman–Crippen MR) is 82.3 cm³/mol. The van der Waals surface area contributed by atoms with Gasteiger partial charge in [0.05, 0.1) is 19.4 Å². The minimum Gasteiger partial charge on any atom is -0.444 e. The number of ether oxygens (including phenoxy) is 1. The molecule has 21 heavy (non-hydrogen) atoms. The minimum atomic E-state index is 0.370. The zero-order valence-electron chi connectivity index (χ0n) is 12.2. The maximum atomic E-state index is 5.49. The van der Waals surface area contributed by atoms with Gasteiger partial charge in [-0.1, -0.05) is 12.1 Å². The van der Waals surface area contributed by atoms with E-state index in [1.807, 2.05) is 12.1 Å². The van der Waals surface area contributed by atoms with E-state index in [2.05, 4.69) is 34.7 Å². The number of morpholine rings is 1. The SMILES string of the molecule is CC(CC1COCCN1)Nc1cccc(-c2cnco2)c1. The number of hydrogen-bond donors (Lipinski definition) is 2. The number of anilines is 1. The first-order valence-corrected chi connectivity index (χ1v) is 7.38.